The highest BCUT2D eigenvalue weighted by molar-refractivity contribution is 6.36. The van der Waals surface area contributed by atoms with Gasteiger partial charge >= 0.3 is 0 Å². The van der Waals surface area contributed by atoms with Gasteiger partial charge in [0.1, 0.15) is 6.04 Å². The number of nitrogens with zero attached hydrogens (tertiary/aromatic N) is 1. The van der Waals surface area contributed by atoms with E-state index in [1.807, 2.05) is 69.3 Å². The number of aryl methyl sites for hydroxylation is 1. The molecule has 1 atom stereocenters. The largest absolute Gasteiger partial charge is 0.454 e. The van der Waals surface area contributed by atoms with Crippen LogP contribution in [0.25, 0.3) is 0 Å². The zero-order valence-corrected chi connectivity index (χ0v) is 23.3. The fourth-order valence-corrected chi connectivity index (χ4v) is 4.87. The predicted molar refractivity (Wildman–Crippen MR) is 150 cm³/mol. The zero-order valence-electron chi connectivity index (χ0n) is 21.8. The Morgan fingerprint density at radius 1 is 0.921 bits per heavy atom. The second-order valence-electron chi connectivity index (χ2n) is 10.4. The summed E-state index contributed by atoms with van der Waals surface area (Å²) in [6, 6.07) is 19.8. The Hall–Kier alpha value is -3.22. The Bertz CT molecular complexity index is 1270. The molecule has 0 saturated carbocycles. The quantitative estimate of drug-likeness (QED) is 0.341. The van der Waals surface area contributed by atoms with E-state index in [0.717, 1.165) is 11.1 Å². The van der Waals surface area contributed by atoms with E-state index in [9.17, 15) is 9.59 Å². The highest BCUT2D eigenvalue weighted by atomic mass is 35.5. The van der Waals surface area contributed by atoms with Gasteiger partial charge in [-0.2, -0.15) is 0 Å². The molecule has 2 amide bonds. The van der Waals surface area contributed by atoms with Crippen LogP contribution in [0.3, 0.4) is 0 Å². The molecule has 0 unspecified atom stereocenters. The maximum atomic E-state index is 13.9. The summed E-state index contributed by atoms with van der Waals surface area (Å²) >= 11 is 13.0. The summed E-state index contributed by atoms with van der Waals surface area (Å²) in [7, 11) is 0. The maximum absolute atomic E-state index is 13.9. The standard InChI is InChI=1S/C30H32Cl2N2O4/c1-30(2,3)33-29(36)25(16-20-8-5-4-6-9-20)34(18-22-23(31)10-7-11-24(22)32)28(35)15-13-21-12-14-26-27(17-21)38-19-37-26/h4-12,14,17,25H,13,15-16,18-19H2,1-3H3,(H,33,36)/t25-/m0/s1. The van der Waals surface area contributed by atoms with E-state index in [1.54, 1.807) is 23.1 Å². The molecule has 200 valence electrons. The van der Waals surface area contributed by atoms with Crippen LogP contribution in [0, 0.1) is 0 Å². The molecular weight excluding hydrogens is 523 g/mol. The summed E-state index contributed by atoms with van der Waals surface area (Å²) in [6.07, 6.45) is 1.01. The smallest absolute Gasteiger partial charge is 0.243 e. The number of nitrogens with one attached hydrogen (secondary N) is 1. The molecule has 1 aliphatic heterocycles. The average Bonchev–Trinajstić information content (AvgIpc) is 3.34. The third-order valence-electron chi connectivity index (χ3n) is 6.22. The fraction of sp³-hybridized carbons (Fsp3) is 0.333. The number of benzene rings is 3. The number of ether oxygens (including phenoxy) is 2. The van der Waals surface area contributed by atoms with Crippen molar-refractivity contribution in [1.29, 1.82) is 0 Å². The van der Waals surface area contributed by atoms with Gasteiger partial charge in [-0.1, -0.05) is 65.7 Å². The van der Waals surface area contributed by atoms with Crippen molar-refractivity contribution in [1.82, 2.24) is 10.2 Å². The van der Waals surface area contributed by atoms with E-state index in [2.05, 4.69) is 5.32 Å². The van der Waals surface area contributed by atoms with Crippen molar-refractivity contribution in [3.05, 3.63) is 93.5 Å². The number of carbonyl (C=O) groups is 2. The molecule has 1 heterocycles. The molecule has 0 saturated heterocycles. The Labute approximate surface area is 233 Å². The number of fused-ring (bicyclic) bond motifs is 1. The number of amides is 2. The minimum absolute atomic E-state index is 0.105. The first-order valence-corrected chi connectivity index (χ1v) is 13.3. The van der Waals surface area contributed by atoms with Gasteiger partial charge in [-0.05, 0) is 62.6 Å². The lowest BCUT2D eigenvalue weighted by Crippen LogP contribution is -2.54. The summed E-state index contributed by atoms with van der Waals surface area (Å²) in [5, 5.41) is 3.95. The number of hydrogen-bond acceptors (Lipinski definition) is 4. The van der Waals surface area contributed by atoms with Crippen LogP contribution >= 0.6 is 23.2 Å². The lowest BCUT2D eigenvalue weighted by Gasteiger charge is -2.34. The van der Waals surface area contributed by atoms with E-state index < -0.39 is 11.6 Å². The van der Waals surface area contributed by atoms with Gasteiger partial charge in [0, 0.05) is 40.5 Å². The average molecular weight is 556 g/mol. The minimum Gasteiger partial charge on any atom is -0.454 e. The van der Waals surface area contributed by atoms with Crippen LogP contribution in [0.5, 0.6) is 11.5 Å². The summed E-state index contributed by atoms with van der Waals surface area (Å²) in [5.41, 5.74) is 2.02. The Morgan fingerprint density at radius 2 is 1.61 bits per heavy atom. The molecule has 1 aliphatic rings. The van der Waals surface area contributed by atoms with Gasteiger partial charge in [0.2, 0.25) is 18.6 Å². The molecule has 3 aromatic rings. The van der Waals surface area contributed by atoms with Gasteiger partial charge < -0.3 is 19.7 Å². The first-order valence-electron chi connectivity index (χ1n) is 12.6. The lowest BCUT2D eigenvalue weighted by atomic mass is 9.99. The second-order valence-corrected chi connectivity index (χ2v) is 11.2. The van der Waals surface area contributed by atoms with Crippen LogP contribution in [0.1, 0.15) is 43.9 Å². The van der Waals surface area contributed by atoms with Gasteiger partial charge in [0.15, 0.2) is 11.5 Å². The molecule has 0 bridgehead atoms. The SMILES string of the molecule is CC(C)(C)NC(=O)[C@H](Cc1ccccc1)N(Cc1c(Cl)cccc1Cl)C(=O)CCc1ccc2c(c1)OCO2. The van der Waals surface area contributed by atoms with Crippen LogP contribution in [0.15, 0.2) is 66.7 Å². The van der Waals surface area contributed by atoms with Gasteiger partial charge in [-0.3, -0.25) is 9.59 Å². The van der Waals surface area contributed by atoms with Crippen molar-refractivity contribution < 1.29 is 19.1 Å². The molecule has 0 fully saturated rings. The Morgan fingerprint density at radius 3 is 2.29 bits per heavy atom. The molecule has 1 N–H and O–H groups in total. The summed E-state index contributed by atoms with van der Waals surface area (Å²) in [6.45, 7) is 6.05. The molecule has 8 heteroatoms. The first-order chi connectivity index (χ1) is 18.1. The number of carbonyl (C=O) groups excluding carboxylic acids is 2. The van der Waals surface area contributed by atoms with Crippen molar-refractivity contribution in [3.8, 4) is 11.5 Å². The van der Waals surface area contributed by atoms with Gasteiger partial charge in [0.05, 0.1) is 0 Å². The highest BCUT2D eigenvalue weighted by Crippen LogP contribution is 2.33. The predicted octanol–water partition coefficient (Wildman–Crippen LogP) is 6.21. The van der Waals surface area contributed by atoms with E-state index in [4.69, 9.17) is 32.7 Å². The maximum Gasteiger partial charge on any atom is 0.243 e. The van der Waals surface area contributed by atoms with Crippen LogP contribution in [0.4, 0.5) is 0 Å². The molecule has 0 spiro atoms. The normalized spacial score (nSPS) is 13.2. The van der Waals surface area contributed by atoms with Gasteiger partial charge in [-0.25, -0.2) is 0 Å². The van der Waals surface area contributed by atoms with Gasteiger partial charge in [0.25, 0.3) is 0 Å². The highest BCUT2D eigenvalue weighted by Gasteiger charge is 2.33. The van der Waals surface area contributed by atoms with Crippen molar-refractivity contribution in [2.45, 2.75) is 58.2 Å². The molecule has 6 nitrogen and oxygen atoms in total. The third kappa shape index (κ3) is 7.21. The van der Waals surface area contributed by atoms with Crippen LogP contribution in [-0.2, 0) is 29.0 Å². The van der Waals surface area contributed by atoms with Crippen molar-refractivity contribution in [2.75, 3.05) is 6.79 Å². The first kappa shape index (κ1) is 27.8. The lowest BCUT2D eigenvalue weighted by molar-refractivity contribution is -0.141. The second kappa shape index (κ2) is 12.1. The monoisotopic (exact) mass is 554 g/mol. The molecule has 0 radical (unpaired) electrons. The topological polar surface area (TPSA) is 67.9 Å². The Kier molecular flexibility index (Phi) is 8.85. The number of halogens is 2. The summed E-state index contributed by atoms with van der Waals surface area (Å²) in [4.78, 5) is 29.2. The summed E-state index contributed by atoms with van der Waals surface area (Å²) < 4.78 is 10.9. The van der Waals surface area contributed by atoms with Crippen LogP contribution in [0.2, 0.25) is 10.0 Å². The van der Waals surface area contributed by atoms with E-state index in [-0.39, 0.29) is 31.6 Å². The van der Waals surface area contributed by atoms with Crippen molar-refractivity contribution >= 4 is 35.0 Å². The Balaban J connectivity index is 1.65. The van der Waals surface area contributed by atoms with Crippen LogP contribution in [-0.4, -0.2) is 35.1 Å². The summed E-state index contributed by atoms with van der Waals surface area (Å²) in [5.74, 6) is 0.947. The van der Waals surface area contributed by atoms with Crippen LogP contribution < -0.4 is 14.8 Å². The number of rotatable bonds is 9. The van der Waals surface area contributed by atoms with Gasteiger partial charge in [-0.15, -0.1) is 0 Å². The molecule has 3 aromatic carbocycles. The zero-order chi connectivity index (χ0) is 27.3. The molecule has 4 rings (SSSR count). The minimum atomic E-state index is -0.770. The van der Waals surface area contributed by atoms with E-state index in [0.29, 0.717) is 39.9 Å². The van der Waals surface area contributed by atoms with E-state index in [1.165, 1.54) is 0 Å². The van der Waals surface area contributed by atoms with Crippen molar-refractivity contribution in [2.24, 2.45) is 0 Å². The van der Waals surface area contributed by atoms with Crippen molar-refractivity contribution in [3.63, 3.8) is 0 Å². The molecular formula is C30H32Cl2N2O4. The number of hydrogen-bond donors (Lipinski definition) is 1. The fourth-order valence-electron chi connectivity index (χ4n) is 4.35. The molecule has 0 aromatic heterocycles. The molecule has 0 aliphatic carbocycles. The van der Waals surface area contributed by atoms with E-state index >= 15 is 0 Å². The third-order valence-corrected chi connectivity index (χ3v) is 6.93. The molecule has 38 heavy (non-hydrogen) atoms.